The van der Waals surface area contributed by atoms with Crippen molar-refractivity contribution in [3.8, 4) is 0 Å². The Morgan fingerprint density at radius 2 is 1.92 bits per heavy atom. The fraction of sp³-hybridized carbons (Fsp3) is 0.444. The molecule has 0 saturated heterocycles. The summed E-state index contributed by atoms with van der Waals surface area (Å²) in [6.45, 7) is 7.06. The third kappa shape index (κ3) is 4.20. The molecule has 2 aromatic rings. The average Bonchev–Trinajstić information content (AvgIpc) is 2.60. The van der Waals surface area contributed by atoms with Crippen LogP contribution in [0.5, 0.6) is 0 Å². The van der Waals surface area contributed by atoms with Crippen molar-refractivity contribution in [3.05, 3.63) is 39.9 Å². The van der Waals surface area contributed by atoms with E-state index in [0.29, 0.717) is 25.3 Å². The van der Waals surface area contributed by atoms with Gasteiger partial charge in [0.1, 0.15) is 11.4 Å². The summed E-state index contributed by atoms with van der Waals surface area (Å²) in [4.78, 5) is 23.6. The second-order valence-electron chi connectivity index (χ2n) is 5.53. The number of pyridine rings is 1. The predicted octanol–water partition coefficient (Wildman–Crippen LogP) is 2.67. The van der Waals surface area contributed by atoms with Gasteiger partial charge >= 0.3 is 5.97 Å². The Morgan fingerprint density at radius 1 is 1.27 bits per heavy atom. The number of carboxylic acid groups (broad SMARTS) is 1. The van der Waals surface area contributed by atoms with E-state index >= 15 is 0 Å². The lowest BCUT2D eigenvalue weighted by Gasteiger charge is -2.19. The molecule has 0 fully saturated rings. The number of benzene rings is 1. The van der Waals surface area contributed by atoms with Crippen LogP contribution in [0.1, 0.15) is 31.1 Å². The average molecular weight is 366 g/mol. The van der Waals surface area contributed by atoms with Gasteiger partial charge in [-0.2, -0.15) is 0 Å². The minimum Gasteiger partial charge on any atom is -0.477 e. The summed E-state index contributed by atoms with van der Waals surface area (Å²) in [6.07, 6.45) is 0.751. The molecule has 0 aliphatic heterocycles. The third-order valence-electron chi connectivity index (χ3n) is 3.90. The molecule has 0 saturated carbocycles. The fourth-order valence-electron chi connectivity index (χ4n) is 2.69. The molecule has 26 heavy (non-hydrogen) atoms. The van der Waals surface area contributed by atoms with Gasteiger partial charge in [-0.05, 0) is 32.9 Å². The van der Waals surface area contributed by atoms with Gasteiger partial charge in [0.05, 0.1) is 17.7 Å². The van der Waals surface area contributed by atoms with E-state index in [-0.39, 0.29) is 23.2 Å². The highest BCUT2D eigenvalue weighted by Crippen LogP contribution is 2.22. The zero-order valence-electron chi connectivity index (χ0n) is 15.0. The number of nitrogens with zero attached hydrogens (tertiary/aromatic N) is 1. The Hall–Kier alpha value is -2.45. The maximum Gasteiger partial charge on any atom is 0.341 e. The van der Waals surface area contributed by atoms with Crippen molar-refractivity contribution in [2.45, 2.75) is 33.6 Å². The van der Waals surface area contributed by atoms with Gasteiger partial charge in [0, 0.05) is 31.3 Å². The molecule has 142 valence electrons. The quantitative estimate of drug-likeness (QED) is 0.663. The monoisotopic (exact) mass is 366 g/mol. The number of anilines is 1. The minimum atomic E-state index is -1.34. The molecule has 1 heterocycles. The van der Waals surface area contributed by atoms with Gasteiger partial charge in [-0.3, -0.25) is 4.79 Å². The number of hydrogen-bond acceptors (Lipinski definition) is 5. The summed E-state index contributed by atoms with van der Waals surface area (Å²) in [5.74, 6) is -1.98. The molecule has 0 aliphatic carbocycles. The SMILES string of the molecule is CCOC(CNc1cc2c(cc1F)c(=O)c(C(=O)O)cn2CC)OCC. The summed E-state index contributed by atoms with van der Waals surface area (Å²) in [7, 11) is 0. The first-order valence-corrected chi connectivity index (χ1v) is 8.49. The number of carboxylic acids is 1. The number of aryl methyl sites for hydroxylation is 1. The fourth-order valence-corrected chi connectivity index (χ4v) is 2.69. The van der Waals surface area contributed by atoms with Crippen LogP contribution in [0, 0.1) is 5.82 Å². The van der Waals surface area contributed by atoms with Crippen LogP contribution >= 0.6 is 0 Å². The number of ether oxygens (including phenoxy) is 2. The maximum atomic E-state index is 14.5. The lowest BCUT2D eigenvalue weighted by atomic mass is 10.1. The number of aromatic nitrogens is 1. The Bertz CT molecular complexity index is 844. The number of nitrogens with one attached hydrogen (secondary N) is 1. The van der Waals surface area contributed by atoms with Crippen molar-refractivity contribution in [1.82, 2.24) is 4.57 Å². The van der Waals surface area contributed by atoms with Crippen LogP contribution in [0.15, 0.2) is 23.1 Å². The van der Waals surface area contributed by atoms with Crippen molar-refractivity contribution in [1.29, 1.82) is 0 Å². The number of halogens is 1. The molecule has 0 radical (unpaired) electrons. The van der Waals surface area contributed by atoms with Crippen LogP contribution in [0.4, 0.5) is 10.1 Å². The molecule has 1 aromatic heterocycles. The van der Waals surface area contributed by atoms with Crippen LogP contribution in [0.25, 0.3) is 10.9 Å². The molecule has 2 N–H and O–H groups in total. The highest BCUT2D eigenvalue weighted by atomic mass is 19.1. The molecule has 0 bridgehead atoms. The van der Waals surface area contributed by atoms with E-state index in [9.17, 15) is 14.0 Å². The van der Waals surface area contributed by atoms with E-state index < -0.39 is 23.5 Å². The lowest BCUT2D eigenvalue weighted by Crippen LogP contribution is -2.27. The van der Waals surface area contributed by atoms with Gasteiger partial charge in [-0.25, -0.2) is 9.18 Å². The second-order valence-corrected chi connectivity index (χ2v) is 5.53. The van der Waals surface area contributed by atoms with Crippen LogP contribution in [0.3, 0.4) is 0 Å². The molecular formula is C18H23FN2O5. The van der Waals surface area contributed by atoms with Gasteiger partial charge in [0.25, 0.3) is 0 Å². The molecule has 0 amide bonds. The number of rotatable bonds is 9. The van der Waals surface area contributed by atoms with Crippen LogP contribution < -0.4 is 10.7 Å². The molecule has 1 aromatic carbocycles. The zero-order chi connectivity index (χ0) is 19.3. The standard InChI is InChI=1S/C18H23FN2O5/c1-4-21-10-12(18(23)24)17(22)11-7-13(19)14(8-15(11)21)20-9-16(25-5-2)26-6-3/h7-8,10,16,20H,4-6,9H2,1-3H3,(H,23,24). The van der Waals surface area contributed by atoms with Gasteiger partial charge in [-0.15, -0.1) is 0 Å². The second kappa shape index (κ2) is 8.77. The van der Waals surface area contributed by atoms with Crippen molar-refractivity contribution in [2.75, 3.05) is 25.1 Å². The summed E-state index contributed by atoms with van der Waals surface area (Å²) in [6, 6.07) is 2.56. The summed E-state index contributed by atoms with van der Waals surface area (Å²) < 4.78 is 26.9. The lowest BCUT2D eigenvalue weighted by molar-refractivity contribution is -0.126. The van der Waals surface area contributed by atoms with Crippen LogP contribution in [0.2, 0.25) is 0 Å². The Balaban J connectivity index is 2.44. The molecule has 0 aliphatic rings. The normalized spacial score (nSPS) is 11.3. The van der Waals surface area contributed by atoms with Gasteiger partial charge in [0.15, 0.2) is 6.29 Å². The maximum absolute atomic E-state index is 14.5. The van der Waals surface area contributed by atoms with Crippen molar-refractivity contribution in [2.24, 2.45) is 0 Å². The van der Waals surface area contributed by atoms with Crippen molar-refractivity contribution < 1.29 is 23.8 Å². The van der Waals surface area contributed by atoms with E-state index in [2.05, 4.69) is 5.32 Å². The number of fused-ring (bicyclic) bond motifs is 1. The Morgan fingerprint density at radius 3 is 2.46 bits per heavy atom. The van der Waals surface area contributed by atoms with Crippen molar-refractivity contribution in [3.63, 3.8) is 0 Å². The largest absolute Gasteiger partial charge is 0.477 e. The Kier molecular flexibility index (Phi) is 6.70. The molecule has 8 heteroatoms. The van der Waals surface area contributed by atoms with E-state index in [1.165, 1.54) is 12.3 Å². The van der Waals surface area contributed by atoms with E-state index in [1.807, 2.05) is 20.8 Å². The molecule has 0 unspecified atom stereocenters. The summed E-state index contributed by atoms with van der Waals surface area (Å²) in [5.41, 5.74) is -0.446. The van der Waals surface area contributed by atoms with Crippen LogP contribution in [-0.2, 0) is 16.0 Å². The smallest absolute Gasteiger partial charge is 0.341 e. The summed E-state index contributed by atoms with van der Waals surface area (Å²) >= 11 is 0. The number of aromatic carboxylic acids is 1. The first kappa shape index (κ1) is 19.9. The van der Waals surface area contributed by atoms with E-state index in [1.54, 1.807) is 4.57 Å². The summed E-state index contributed by atoms with van der Waals surface area (Å²) in [5, 5.41) is 12.1. The van der Waals surface area contributed by atoms with Gasteiger partial charge < -0.3 is 24.5 Å². The van der Waals surface area contributed by atoms with Gasteiger partial charge in [-0.1, -0.05) is 0 Å². The molecular weight excluding hydrogens is 343 g/mol. The zero-order valence-corrected chi connectivity index (χ0v) is 15.0. The first-order chi connectivity index (χ1) is 12.4. The highest BCUT2D eigenvalue weighted by molar-refractivity contribution is 5.93. The molecule has 7 nitrogen and oxygen atoms in total. The Labute approximate surface area is 150 Å². The molecule has 0 spiro atoms. The number of carbonyl (C=O) groups is 1. The van der Waals surface area contributed by atoms with Crippen molar-refractivity contribution >= 4 is 22.6 Å². The topological polar surface area (TPSA) is 89.8 Å². The molecule has 2 rings (SSSR count). The first-order valence-electron chi connectivity index (χ1n) is 8.49. The predicted molar refractivity (Wildman–Crippen MR) is 96.3 cm³/mol. The van der Waals surface area contributed by atoms with Crippen LogP contribution in [-0.4, -0.2) is 41.7 Å². The van der Waals surface area contributed by atoms with E-state index in [4.69, 9.17) is 14.6 Å². The minimum absolute atomic E-state index is 0.0287. The van der Waals surface area contributed by atoms with E-state index in [0.717, 1.165) is 6.07 Å². The highest BCUT2D eigenvalue weighted by Gasteiger charge is 2.17. The third-order valence-corrected chi connectivity index (χ3v) is 3.90. The number of hydrogen-bond donors (Lipinski definition) is 2. The molecule has 0 atom stereocenters. The van der Waals surface area contributed by atoms with Gasteiger partial charge in [0.2, 0.25) is 5.43 Å².